The lowest BCUT2D eigenvalue weighted by Gasteiger charge is -2.13. The first-order valence-corrected chi connectivity index (χ1v) is 6.44. The van der Waals surface area contributed by atoms with E-state index in [1.807, 2.05) is 0 Å². The van der Waals surface area contributed by atoms with Crippen molar-refractivity contribution in [3.8, 4) is 0 Å². The molecule has 0 aromatic heterocycles. The number of nitrogen functional groups attached to an aromatic ring is 1. The van der Waals surface area contributed by atoms with E-state index in [9.17, 15) is 26.4 Å². The Kier molecular flexibility index (Phi) is 3.50. The Morgan fingerprint density at radius 3 is 2.17 bits per heavy atom. The molecule has 0 atom stereocenters. The van der Waals surface area contributed by atoms with E-state index in [2.05, 4.69) is 0 Å². The molecule has 1 aromatic rings. The van der Waals surface area contributed by atoms with E-state index in [0.29, 0.717) is 0 Å². The van der Waals surface area contributed by atoms with E-state index in [1.165, 1.54) is 0 Å². The van der Waals surface area contributed by atoms with Crippen molar-refractivity contribution in [1.82, 2.24) is 0 Å². The Morgan fingerprint density at radius 1 is 1.33 bits per heavy atom. The third-order valence-electron chi connectivity index (χ3n) is 1.95. The fourth-order valence-corrected chi connectivity index (χ4v) is 2.28. The lowest BCUT2D eigenvalue weighted by atomic mass is 10.1. The summed E-state index contributed by atoms with van der Waals surface area (Å²) in [6.07, 6.45) is -5.03. The molecule has 1 aromatic carbocycles. The van der Waals surface area contributed by atoms with Gasteiger partial charge in [0.25, 0.3) is 9.05 Å². The monoisotopic (exact) mass is 303 g/mol. The summed E-state index contributed by atoms with van der Waals surface area (Å²) in [4.78, 5) is 9.32. The molecular weight excluding hydrogens is 299 g/mol. The fraction of sp³-hybridized carbons (Fsp3) is 0.125. The van der Waals surface area contributed by atoms with Crippen molar-refractivity contribution < 1.29 is 31.5 Å². The van der Waals surface area contributed by atoms with Crippen LogP contribution in [0.2, 0.25) is 0 Å². The van der Waals surface area contributed by atoms with Gasteiger partial charge in [-0.3, -0.25) is 0 Å². The summed E-state index contributed by atoms with van der Waals surface area (Å²) in [5, 5.41) is 8.65. The van der Waals surface area contributed by atoms with Crippen LogP contribution in [0.15, 0.2) is 17.0 Å². The van der Waals surface area contributed by atoms with Crippen LogP contribution in [0.5, 0.6) is 0 Å². The zero-order valence-electron chi connectivity index (χ0n) is 8.32. The predicted molar refractivity (Wildman–Crippen MR) is 55.9 cm³/mol. The van der Waals surface area contributed by atoms with Crippen LogP contribution in [0.25, 0.3) is 0 Å². The minimum Gasteiger partial charge on any atom is -0.478 e. The Balaban J connectivity index is 3.75. The number of aromatic carboxylic acids is 1. The molecule has 0 aliphatic carbocycles. The molecule has 100 valence electrons. The summed E-state index contributed by atoms with van der Waals surface area (Å²) < 4.78 is 59.7. The van der Waals surface area contributed by atoms with E-state index < -0.39 is 42.9 Å². The van der Waals surface area contributed by atoms with Crippen molar-refractivity contribution >= 4 is 31.4 Å². The molecule has 0 heterocycles. The van der Waals surface area contributed by atoms with Gasteiger partial charge in [0.05, 0.1) is 16.0 Å². The largest absolute Gasteiger partial charge is 0.478 e. The number of benzene rings is 1. The lowest BCUT2D eigenvalue weighted by molar-refractivity contribution is -0.139. The van der Waals surface area contributed by atoms with Crippen LogP contribution in [-0.4, -0.2) is 19.5 Å². The summed E-state index contributed by atoms with van der Waals surface area (Å²) in [7, 11) is 0.0812. The average molecular weight is 304 g/mol. The predicted octanol–water partition coefficient (Wildman–Crippen LogP) is 1.91. The molecule has 0 aliphatic heterocycles. The number of rotatable bonds is 2. The van der Waals surface area contributed by atoms with Gasteiger partial charge >= 0.3 is 12.1 Å². The van der Waals surface area contributed by atoms with Crippen LogP contribution in [0, 0.1) is 0 Å². The third-order valence-corrected chi connectivity index (χ3v) is 3.31. The number of hydrogen-bond acceptors (Lipinski definition) is 4. The second-order valence-corrected chi connectivity index (χ2v) is 5.71. The zero-order chi connectivity index (χ0) is 14.3. The van der Waals surface area contributed by atoms with Gasteiger partial charge < -0.3 is 10.8 Å². The molecule has 0 radical (unpaired) electrons. The molecule has 3 N–H and O–H groups in total. The first-order chi connectivity index (χ1) is 7.94. The SMILES string of the molecule is Nc1cc(C(F)(F)F)c(S(=O)(=O)Cl)cc1C(=O)O. The lowest BCUT2D eigenvalue weighted by Crippen LogP contribution is -2.14. The summed E-state index contributed by atoms with van der Waals surface area (Å²) in [6.45, 7) is 0. The summed E-state index contributed by atoms with van der Waals surface area (Å²) >= 11 is 0. The van der Waals surface area contributed by atoms with Crippen molar-refractivity contribution in [2.24, 2.45) is 0 Å². The first-order valence-electron chi connectivity index (χ1n) is 4.13. The van der Waals surface area contributed by atoms with Gasteiger partial charge in [0.2, 0.25) is 0 Å². The molecule has 10 heteroatoms. The zero-order valence-corrected chi connectivity index (χ0v) is 9.90. The van der Waals surface area contributed by atoms with Gasteiger partial charge in [-0.1, -0.05) is 0 Å². The molecule has 0 amide bonds. The smallest absolute Gasteiger partial charge is 0.417 e. The number of anilines is 1. The van der Waals surface area contributed by atoms with Gasteiger partial charge in [0.1, 0.15) is 0 Å². The summed E-state index contributed by atoms with van der Waals surface area (Å²) in [5.74, 6) is -1.66. The fourth-order valence-electron chi connectivity index (χ4n) is 1.21. The Hall–Kier alpha value is -1.48. The third kappa shape index (κ3) is 2.85. The van der Waals surface area contributed by atoms with Gasteiger partial charge in [-0.2, -0.15) is 13.2 Å². The quantitative estimate of drug-likeness (QED) is 0.642. The Morgan fingerprint density at radius 2 is 1.83 bits per heavy atom. The number of nitrogens with two attached hydrogens (primary N) is 1. The van der Waals surface area contributed by atoms with Crippen LogP contribution in [0.1, 0.15) is 15.9 Å². The van der Waals surface area contributed by atoms with Crippen LogP contribution >= 0.6 is 10.7 Å². The second kappa shape index (κ2) is 4.32. The van der Waals surface area contributed by atoms with E-state index in [0.717, 1.165) is 0 Å². The molecule has 18 heavy (non-hydrogen) atoms. The summed E-state index contributed by atoms with van der Waals surface area (Å²) in [6, 6.07) is 0.502. The maximum atomic E-state index is 12.6. The van der Waals surface area contributed by atoms with Crippen LogP contribution in [0.3, 0.4) is 0 Å². The van der Waals surface area contributed by atoms with E-state index in [4.69, 9.17) is 21.5 Å². The normalized spacial score (nSPS) is 12.4. The molecule has 0 bridgehead atoms. The summed E-state index contributed by atoms with van der Waals surface area (Å²) in [5.41, 5.74) is 2.02. The number of carboxylic acid groups (broad SMARTS) is 1. The van der Waals surface area contributed by atoms with Gasteiger partial charge in [0, 0.05) is 16.4 Å². The molecule has 0 spiro atoms. The molecule has 0 saturated carbocycles. The molecule has 1 rings (SSSR count). The highest BCUT2D eigenvalue weighted by Gasteiger charge is 2.38. The van der Waals surface area contributed by atoms with Crippen molar-refractivity contribution in [1.29, 1.82) is 0 Å². The highest BCUT2D eigenvalue weighted by molar-refractivity contribution is 8.13. The van der Waals surface area contributed by atoms with Gasteiger partial charge in [-0.15, -0.1) is 0 Å². The van der Waals surface area contributed by atoms with Crippen LogP contribution in [0.4, 0.5) is 18.9 Å². The number of carbonyl (C=O) groups is 1. The minimum absolute atomic E-state index is 0.221. The number of hydrogen-bond donors (Lipinski definition) is 2. The van der Waals surface area contributed by atoms with Crippen molar-refractivity contribution in [2.75, 3.05) is 5.73 Å². The second-order valence-electron chi connectivity index (χ2n) is 3.18. The standard InChI is InChI=1S/C8H5ClF3NO4S/c9-18(16,17)6-1-3(7(14)15)5(13)2-4(6)8(10,11)12/h1-2H,13H2,(H,14,15). The van der Waals surface area contributed by atoms with E-state index in [1.54, 1.807) is 0 Å². The Labute approximate surface area is 103 Å². The van der Waals surface area contributed by atoms with Crippen LogP contribution in [-0.2, 0) is 15.2 Å². The first kappa shape index (κ1) is 14.6. The molecule has 0 saturated heterocycles. The maximum absolute atomic E-state index is 12.6. The highest BCUT2D eigenvalue weighted by atomic mass is 35.7. The molecular formula is C8H5ClF3NO4S. The van der Waals surface area contributed by atoms with Crippen molar-refractivity contribution in [2.45, 2.75) is 11.1 Å². The van der Waals surface area contributed by atoms with E-state index >= 15 is 0 Å². The van der Waals surface area contributed by atoms with Crippen molar-refractivity contribution in [3.05, 3.63) is 23.3 Å². The minimum atomic E-state index is -5.03. The Bertz CT molecular complexity index is 612. The van der Waals surface area contributed by atoms with Crippen molar-refractivity contribution in [3.63, 3.8) is 0 Å². The van der Waals surface area contributed by atoms with Crippen LogP contribution < -0.4 is 5.73 Å². The molecule has 0 aliphatic rings. The number of halogens is 4. The van der Waals surface area contributed by atoms with Gasteiger partial charge in [-0.25, -0.2) is 13.2 Å². The molecule has 5 nitrogen and oxygen atoms in total. The average Bonchev–Trinajstić information content (AvgIpc) is 2.13. The number of carboxylic acids is 1. The molecule has 0 unspecified atom stereocenters. The van der Waals surface area contributed by atoms with E-state index in [-0.39, 0.29) is 12.1 Å². The van der Waals surface area contributed by atoms with Gasteiger partial charge in [-0.05, 0) is 12.1 Å². The van der Waals surface area contributed by atoms with Gasteiger partial charge in [0.15, 0.2) is 0 Å². The number of alkyl halides is 3. The highest BCUT2D eigenvalue weighted by Crippen LogP contribution is 2.37. The maximum Gasteiger partial charge on any atom is 0.417 e. The topological polar surface area (TPSA) is 97.5 Å². The molecule has 0 fully saturated rings.